The van der Waals surface area contributed by atoms with E-state index >= 15 is 0 Å². The van der Waals surface area contributed by atoms with Crippen molar-refractivity contribution >= 4 is 33.2 Å². The van der Waals surface area contributed by atoms with Crippen LogP contribution >= 0.6 is 11.6 Å². The van der Waals surface area contributed by atoms with Gasteiger partial charge in [-0.1, -0.05) is 18.0 Å². The van der Waals surface area contributed by atoms with Crippen LogP contribution in [0.2, 0.25) is 5.02 Å². The molecule has 0 aliphatic carbocycles. The highest BCUT2D eigenvalue weighted by atomic mass is 35.5. The van der Waals surface area contributed by atoms with Gasteiger partial charge < -0.3 is 5.32 Å². The topological polar surface area (TPSA) is 69.7 Å². The molecule has 2 aliphatic rings. The molecule has 6 nitrogen and oxygen atoms in total. The van der Waals surface area contributed by atoms with Crippen LogP contribution in [0.15, 0.2) is 23.1 Å². The quantitative estimate of drug-likeness (QED) is 0.826. The van der Waals surface area contributed by atoms with Gasteiger partial charge >= 0.3 is 0 Å². The highest BCUT2D eigenvalue weighted by Crippen LogP contribution is 2.28. The van der Waals surface area contributed by atoms with Crippen LogP contribution in [0.3, 0.4) is 0 Å². The van der Waals surface area contributed by atoms with Gasteiger partial charge in [-0.2, -0.15) is 4.31 Å². The van der Waals surface area contributed by atoms with Crippen molar-refractivity contribution in [3.63, 3.8) is 0 Å². The minimum absolute atomic E-state index is 0.170. The first-order valence-corrected chi connectivity index (χ1v) is 11.0. The van der Waals surface area contributed by atoms with Crippen LogP contribution in [-0.4, -0.2) is 55.8 Å². The van der Waals surface area contributed by atoms with E-state index in [9.17, 15) is 13.2 Å². The van der Waals surface area contributed by atoms with E-state index in [0.717, 1.165) is 32.2 Å². The van der Waals surface area contributed by atoms with Crippen molar-refractivity contribution in [1.29, 1.82) is 0 Å². The SMILES string of the molecule is C[C@@H]1CCCCN1CC(=O)Nc1cc(S(=O)(=O)N2CCCC2)ccc1Cl. The number of halogens is 1. The van der Waals surface area contributed by atoms with Gasteiger partial charge in [0, 0.05) is 19.1 Å². The predicted octanol–water partition coefficient (Wildman–Crippen LogP) is 2.94. The molecule has 2 fully saturated rings. The number of rotatable bonds is 5. The molecular weight excluding hydrogens is 374 g/mol. The zero-order valence-corrected chi connectivity index (χ0v) is 16.7. The zero-order chi connectivity index (χ0) is 18.7. The lowest BCUT2D eigenvalue weighted by Gasteiger charge is -2.32. The molecule has 2 saturated heterocycles. The van der Waals surface area contributed by atoms with Gasteiger partial charge in [0.2, 0.25) is 15.9 Å². The molecule has 1 amide bonds. The summed E-state index contributed by atoms with van der Waals surface area (Å²) < 4.78 is 26.9. The Morgan fingerprint density at radius 3 is 2.58 bits per heavy atom. The van der Waals surface area contributed by atoms with Crippen molar-refractivity contribution in [1.82, 2.24) is 9.21 Å². The van der Waals surface area contributed by atoms with Crippen molar-refractivity contribution in [3.8, 4) is 0 Å². The molecule has 3 rings (SSSR count). The Morgan fingerprint density at radius 1 is 1.19 bits per heavy atom. The molecule has 1 aromatic rings. The van der Waals surface area contributed by atoms with Crippen LogP contribution < -0.4 is 5.32 Å². The Balaban J connectivity index is 1.72. The van der Waals surface area contributed by atoms with E-state index in [1.165, 1.54) is 28.9 Å². The second-order valence-corrected chi connectivity index (χ2v) is 9.46. The first kappa shape index (κ1) is 19.6. The number of amides is 1. The fraction of sp³-hybridized carbons (Fsp3) is 0.611. The number of piperidine rings is 1. The average Bonchev–Trinajstić information content (AvgIpc) is 3.14. The number of likely N-dealkylation sites (tertiary alicyclic amines) is 1. The first-order valence-electron chi connectivity index (χ1n) is 9.21. The van der Waals surface area contributed by atoms with Gasteiger partial charge in [0.25, 0.3) is 0 Å². The second kappa shape index (κ2) is 8.25. The summed E-state index contributed by atoms with van der Waals surface area (Å²) in [6, 6.07) is 4.88. The number of sulfonamides is 1. The van der Waals surface area contributed by atoms with Crippen molar-refractivity contribution in [3.05, 3.63) is 23.2 Å². The monoisotopic (exact) mass is 399 g/mol. The highest BCUT2D eigenvalue weighted by molar-refractivity contribution is 7.89. The Morgan fingerprint density at radius 2 is 1.88 bits per heavy atom. The van der Waals surface area contributed by atoms with Crippen LogP contribution in [0.1, 0.15) is 39.0 Å². The van der Waals surface area contributed by atoms with Crippen LogP contribution in [0.5, 0.6) is 0 Å². The predicted molar refractivity (Wildman–Crippen MR) is 103 cm³/mol. The third-order valence-electron chi connectivity index (χ3n) is 5.20. The summed E-state index contributed by atoms with van der Waals surface area (Å²) in [5.74, 6) is -0.170. The summed E-state index contributed by atoms with van der Waals surface area (Å²) >= 11 is 6.18. The number of benzene rings is 1. The fourth-order valence-corrected chi connectivity index (χ4v) is 5.31. The zero-order valence-electron chi connectivity index (χ0n) is 15.1. The third kappa shape index (κ3) is 4.39. The van der Waals surface area contributed by atoms with Gasteiger partial charge in [-0.05, 0) is 57.4 Å². The first-order chi connectivity index (χ1) is 12.4. The number of anilines is 1. The van der Waals surface area contributed by atoms with Gasteiger partial charge in [-0.3, -0.25) is 9.69 Å². The average molecular weight is 400 g/mol. The third-order valence-corrected chi connectivity index (χ3v) is 7.43. The Bertz CT molecular complexity index is 763. The molecule has 144 valence electrons. The number of carbonyl (C=O) groups is 1. The van der Waals surface area contributed by atoms with Crippen molar-refractivity contribution in [2.45, 2.75) is 50.0 Å². The minimum atomic E-state index is -3.54. The number of nitrogens with zero attached hydrogens (tertiary/aromatic N) is 2. The maximum absolute atomic E-state index is 12.7. The summed E-state index contributed by atoms with van der Waals surface area (Å²) in [5.41, 5.74) is 0.349. The molecule has 0 radical (unpaired) electrons. The van der Waals surface area contributed by atoms with Crippen LogP contribution in [0.25, 0.3) is 0 Å². The molecule has 8 heteroatoms. The summed E-state index contributed by atoms with van der Waals surface area (Å²) in [5, 5.41) is 3.12. The Labute approximate surface area is 160 Å². The lowest BCUT2D eigenvalue weighted by molar-refractivity contribution is -0.118. The molecule has 0 unspecified atom stereocenters. The van der Waals surface area contributed by atoms with Gasteiger partial charge in [0.05, 0.1) is 22.2 Å². The second-order valence-electron chi connectivity index (χ2n) is 7.12. The van der Waals surface area contributed by atoms with Gasteiger partial charge in [-0.25, -0.2) is 8.42 Å². The standard InChI is InChI=1S/C18H26ClN3O3S/c1-14-6-2-3-9-21(14)13-18(23)20-17-12-15(7-8-16(17)19)26(24,25)22-10-4-5-11-22/h7-8,12,14H,2-6,9-11,13H2,1H3,(H,20,23)/t14-/m1/s1. The molecular formula is C18H26ClN3O3S. The lowest BCUT2D eigenvalue weighted by Crippen LogP contribution is -2.42. The minimum Gasteiger partial charge on any atom is -0.324 e. The number of hydrogen-bond donors (Lipinski definition) is 1. The van der Waals surface area contributed by atoms with Crippen LogP contribution in [0.4, 0.5) is 5.69 Å². The van der Waals surface area contributed by atoms with E-state index in [1.807, 2.05) is 0 Å². The molecule has 2 heterocycles. The molecule has 0 aromatic heterocycles. The molecule has 0 bridgehead atoms. The van der Waals surface area contributed by atoms with E-state index in [2.05, 4.69) is 17.1 Å². The number of nitrogens with one attached hydrogen (secondary N) is 1. The number of hydrogen-bond acceptors (Lipinski definition) is 4. The van der Waals surface area contributed by atoms with E-state index < -0.39 is 10.0 Å². The van der Waals surface area contributed by atoms with E-state index in [4.69, 9.17) is 11.6 Å². The van der Waals surface area contributed by atoms with Crippen molar-refractivity contribution in [2.24, 2.45) is 0 Å². The van der Waals surface area contributed by atoms with E-state index in [0.29, 0.717) is 36.4 Å². The summed E-state index contributed by atoms with van der Waals surface area (Å²) in [4.78, 5) is 14.7. The maximum atomic E-state index is 12.7. The summed E-state index contributed by atoms with van der Waals surface area (Å²) in [7, 11) is -3.54. The van der Waals surface area contributed by atoms with E-state index in [-0.39, 0.29) is 10.8 Å². The van der Waals surface area contributed by atoms with Gasteiger partial charge in [0.15, 0.2) is 0 Å². The molecule has 0 spiro atoms. The molecule has 1 aromatic carbocycles. The number of carbonyl (C=O) groups excluding carboxylic acids is 1. The van der Waals surface area contributed by atoms with Crippen molar-refractivity contribution < 1.29 is 13.2 Å². The fourth-order valence-electron chi connectivity index (χ4n) is 3.60. The van der Waals surface area contributed by atoms with Crippen molar-refractivity contribution in [2.75, 3.05) is 31.5 Å². The summed E-state index contributed by atoms with van der Waals surface area (Å²) in [6.07, 6.45) is 5.15. The molecule has 1 N–H and O–H groups in total. The van der Waals surface area contributed by atoms with E-state index in [1.54, 1.807) is 0 Å². The molecule has 1 atom stereocenters. The molecule has 26 heavy (non-hydrogen) atoms. The highest BCUT2D eigenvalue weighted by Gasteiger charge is 2.28. The normalized spacial score (nSPS) is 22.5. The van der Waals surface area contributed by atoms with Crippen LogP contribution in [-0.2, 0) is 14.8 Å². The largest absolute Gasteiger partial charge is 0.324 e. The maximum Gasteiger partial charge on any atom is 0.243 e. The van der Waals surface area contributed by atoms with Crippen LogP contribution in [0, 0.1) is 0 Å². The molecule has 2 aliphatic heterocycles. The Kier molecular flexibility index (Phi) is 6.22. The molecule has 0 saturated carbocycles. The lowest BCUT2D eigenvalue weighted by atomic mass is 10.0. The van der Waals surface area contributed by atoms with Gasteiger partial charge in [0.1, 0.15) is 0 Å². The Hall–Kier alpha value is -1.15. The smallest absolute Gasteiger partial charge is 0.243 e. The summed E-state index contributed by atoms with van der Waals surface area (Å²) in [6.45, 7) is 4.41. The van der Waals surface area contributed by atoms with Gasteiger partial charge in [-0.15, -0.1) is 0 Å².